The van der Waals surface area contributed by atoms with Gasteiger partial charge < -0.3 is 24.3 Å². The van der Waals surface area contributed by atoms with Crippen molar-refractivity contribution in [3.63, 3.8) is 0 Å². The molecule has 144 valence electrons. The molecule has 3 rings (SSSR count). The van der Waals surface area contributed by atoms with Crippen molar-refractivity contribution in [2.45, 2.75) is 13.0 Å². The number of para-hydroxylation sites is 1. The van der Waals surface area contributed by atoms with Gasteiger partial charge in [-0.3, -0.25) is 4.79 Å². The summed E-state index contributed by atoms with van der Waals surface area (Å²) in [5.41, 5.74) is 0.802. The number of amides is 1. The SMILES string of the molecule is C[C@@H](OC(=O)COc1ccccc1C#N)C(=O)Nc1ccc2c(c1)OCCO2. The Hall–Kier alpha value is -3.73. The number of carbonyl (C=O) groups excluding carboxylic acids is 2. The molecular weight excluding hydrogens is 364 g/mol. The van der Waals surface area contributed by atoms with E-state index in [0.717, 1.165) is 0 Å². The zero-order valence-electron chi connectivity index (χ0n) is 15.1. The molecule has 8 heteroatoms. The molecule has 1 aliphatic rings. The molecule has 0 saturated carbocycles. The van der Waals surface area contributed by atoms with Crippen LogP contribution in [0.3, 0.4) is 0 Å². The zero-order valence-corrected chi connectivity index (χ0v) is 15.1. The summed E-state index contributed by atoms with van der Waals surface area (Å²) < 4.78 is 21.3. The number of esters is 1. The maximum Gasteiger partial charge on any atom is 0.344 e. The fourth-order valence-corrected chi connectivity index (χ4v) is 2.47. The van der Waals surface area contributed by atoms with E-state index in [9.17, 15) is 9.59 Å². The van der Waals surface area contributed by atoms with E-state index in [1.54, 1.807) is 42.5 Å². The van der Waals surface area contributed by atoms with Crippen LogP contribution in [0.25, 0.3) is 0 Å². The maximum absolute atomic E-state index is 12.2. The summed E-state index contributed by atoms with van der Waals surface area (Å²) in [4.78, 5) is 24.2. The number of nitrogens with one attached hydrogen (secondary N) is 1. The van der Waals surface area contributed by atoms with Gasteiger partial charge in [0.1, 0.15) is 25.0 Å². The molecule has 2 aromatic rings. The van der Waals surface area contributed by atoms with Gasteiger partial charge in [-0.1, -0.05) is 12.1 Å². The van der Waals surface area contributed by atoms with Crippen LogP contribution in [0.4, 0.5) is 5.69 Å². The minimum atomic E-state index is -1.03. The Morgan fingerprint density at radius 1 is 1.18 bits per heavy atom. The van der Waals surface area contributed by atoms with Gasteiger partial charge >= 0.3 is 5.97 Å². The van der Waals surface area contributed by atoms with E-state index in [-0.39, 0.29) is 5.75 Å². The van der Waals surface area contributed by atoms with Crippen LogP contribution in [0.1, 0.15) is 12.5 Å². The Morgan fingerprint density at radius 2 is 1.93 bits per heavy atom. The molecule has 0 aromatic heterocycles. The van der Waals surface area contributed by atoms with Crippen molar-refractivity contribution in [2.75, 3.05) is 25.1 Å². The predicted molar refractivity (Wildman–Crippen MR) is 98.3 cm³/mol. The number of fused-ring (bicyclic) bond motifs is 1. The third kappa shape index (κ3) is 4.71. The maximum atomic E-state index is 12.2. The summed E-state index contributed by atoms with van der Waals surface area (Å²) >= 11 is 0. The number of hydrogen-bond acceptors (Lipinski definition) is 7. The molecule has 1 amide bonds. The number of hydrogen-bond donors (Lipinski definition) is 1. The van der Waals surface area contributed by atoms with Gasteiger partial charge in [0.25, 0.3) is 5.91 Å². The van der Waals surface area contributed by atoms with Crippen molar-refractivity contribution in [1.29, 1.82) is 5.26 Å². The minimum absolute atomic E-state index is 0.273. The molecule has 1 N–H and O–H groups in total. The second-order valence-corrected chi connectivity index (χ2v) is 5.88. The van der Waals surface area contributed by atoms with Crippen LogP contribution >= 0.6 is 0 Å². The van der Waals surface area contributed by atoms with E-state index in [1.165, 1.54) is 6.92 Å². The second-order valence-electron chi connectivity index (χ2n) is 5.88. The average molecular weight is 382 g/mol. The van der Waals surface area contributed by atoms with Crippen LogP contribution in [0, 0.1) is 11.3 Å². The Morgan fingerprint density at radius 3 is 2.71 bits per heavy atom. The highest BCUT2D eigenvalue weighted by molar-refractivity contribution is 5.95. The summed E-state index contributed by atoms with van der Waals surface area (Å²) in [5.74, 6) is 0.201. The van der Waals surface area contributed by atoms with Gasteiger partial charge in [-0.25, -0.2) is 4.79 Å². The third-order valence-corrected chi connectivity index (χ3v) is 3.84. The smallest absolute Gasteiger partial charge is 0.344 e. The molecule has 8 nitrogen and oxygen atoms in total. The number of ether oxygens (including phenoxy) is 4. The first kappa shape index (κ1) is 19.0. The number of rotatable bonds is 6. The number of carbonyl (C=O) groups is 2. The quantitative estimate of drug-likeness (QED) is 0.764. The first-order valence-electron chi connectivity index (χ1n) is 8.59. The topological polar surface area (TPSA) is 107 Å². The molecule has 0 saturated heterocycles. The summed E-state index contributed by atoms with van der Waals surface area (Å²) in [6.07, 6.45) is -1.03. The van der Waals surface area contributed by atoms with Gasteiger partial charge in [-0.2, -0.15) is 5.26 Å². The van der Waals surface area contributed by atoms with E-state index in [2.05, 4.69) is 5.32 Å². The Labute approximate surface area is 161 Å². The fraction of sp³-hybridized carbons (Fsp3) is 0.250. The summed E-state index contributed by atoms with van der Waals surface area (Å²) in [6.45, 7) is 1.95. The summed E-state index contributed by atoms with van der Waals surface area (Å²) in [6, 6.07) is 13.5. The number of nitriles is 1. The standard InChI is InChI=1S/C20H18N2O6/c1-13(28-19(23)12-27-16-5-3-2-4-14(16)11-21)20(24)22-15-6-7-17-18(10-15)26-9-8-25-17/h2-7,10,13H,8-9,12H2,1H3,(H,22,24)/t13-/m1/s1. The van der Waals surface area contributed by atoms with E-state index >= 15 is 0 Å². The van der Waals surface area contributed by atoms with Crippen molar-refractivity contribution in [3.05, 3.63) is 48.0 Å². The lowest BCUT2D eigenvalue weighted by Crippen LogP contribution is -2.31. The monoisotopic (exact) mass is 382 g/mol. The number of nitrogens with zero attached hydrogens (tertiary/aromatic N) is 1. The number of benzene rings is 2. The second kappa shape index (κ2) is 8.77. The van der Waals surface area contributed by atoms with Crippen LogP contribution in [0.2, 0.25) is 0 Å². The number of anilines is 1. The minimum Gasteiger partial charge on any atom is -0.486 e. The molecule has 1 aliphatic heterocycles. The van der Waals surface area contributed by atoms with Crippen molar-refractivity contribution >= 4 is 17.6 Å². The highest BCUT2D eigenvalue weighted by atomic mass is 16.6. The van der Waals surface area contributed by atoms with Crippen molar-refractivity contribution < 1.29 is 28.5 Å². The Balaban J connectivity index is 1.51. The van der Waals surface area contributed by atoms with Gasteiger partial charge in [-0.15, -0.1) is 0 Å². The van der Waals surface area contributed by atoms with E-state index in [1.807, 2.05) is 6.07 Å². The van der Waals surface area contributed by atoms with Crippen molar-refractivity contribution in [1.82, 2.24) is 0 Å². The molecule has 0 radical (unpaired) electrons. The lowest BCUT2D eigenvalue weighted by Gasteiger charge is -2.19. The lowest BCUT2D eigenvalue weighted by atomic mass is 10.2. The fourth-order valence-electron chi connectivity index (χ4n) is 2.47. The van der Waals surface area contributed by atoms with Crippen LogP contribution in [-0.4, -0.2) is 37.8 Å². The molecule has 0 unspecified atom stereocenters. The summed E-state index contributed by atoms with van der Waals surface area (Å²) in [7, 11) is 0. The molecule has 0 aliphatic carbocycles. The van der Waals surface area contributed by atoms with Gasteiger partial charge in [-0.05, 0) is 31.2 Å². The molecule has 1 heterocycles. The lowest BCUT2D eigenvalue weighted by molar-refractivity contribution is -0.155. The average Bonchev–Trinajstić information content (AvgIpc) is 2.72. The normalized spacial score (nSPS) is 13.0. The van der Waals surface area contributed by atoms with Crippen LogP contribution < -0.4 is 19.5 Å². The third-order valence-electron chi connectivity index (χ3n) is 3.84. The summed E-state index contributed by atoms with van der Waals surface area (Å²) in [5, 5.41) is 11.7. The highest BCUT2D eigenvalue weighted by Crippen LogP contribution is 2.32. The highest BCUT2D eigenvalue weighted by Gasteiger charge is 2.20. The molecule has 2 aromatic carbocycles. The molecular formula is C20H18N2O6. The first-order valence-corrected chi connectivity index (χ1v) is 8.59. The van der Waals surface area contributed by atoms with Crippen molar-refractivity contribution in [2.24, 2.45) is 0 Å². The Bertz CT molecular complexity index is 921. The van der Waals surface area contributed by atoms with Gasteiger partial charge in [0, 0.05) is 11.8 Å². The van der Waals surface area contributed by atoms with Gasteiger partial charge in [0.2, 0.25) is 0 Å². The molecule has 0 bridgehead atoms. The van der Waals surface area contributed by atoms with E-state index in [4.69, 9.17) is 24.2 Å². The van der Waals surface area contributed by atoms with E-state index < -0.39 is 24.6 Å². The molecule has 0 fully saturated rings. The van der Waals surface area contributed by atoms with Gasteiger partial charge in [0.15, 0.2) is 24.2 Å². The van der Waals surface area contributed by atoms with Gasteiger partial charge in [0.05, 0.1) is 5.56 Å². The van der Waals surface area contributed by atoms with E-state index in [0.29, 0.717) is 36.0 Å². The predicted octanol–water partition coefficient (Wildman–Crippen LogP) is 2.28. The zero-order chi connectivity index (χ0) is 19.9. The first-order chi connectivity index (χ1) is 13.6. The van der Waals surface area contributed by atoms with Crippen LogP contribution in [0.15, 0.2) is 42.5 Å². The van der Waals surface area contributed by atoms with Crippen LogP contribution in [-0.2, 0) is 14.3 Å². The Kier molecular flexibility index (Phi) is 5.97. The molecule has 1 atom stereocenters. The largest absolute Gasteiger partial charge is 0.486 e. The van der Waals surface area contributed by atoms with Crippen molar-refractivity contribution in [3.8, 4) is 23.3 Å². The van der Waals surface area contributed by atoms with Crippen LogP contribution in [0.5, 0.6) is 17.2 Å². The molecule has 28 heavy (non-hydrogen) atoms. The molecule has 0 spiro atoms.